The number of hydrogen-bond acceptors (Lipinski definition) is 4. The number of carbonyl (C=O) groups excluding carboxylic acids is 2. The number of Topliss-reactive ketones (excluding diaryl/α,β-unsaturated/α-hetero) is 1. The lowest BCUT2D eigenvalue weighted by Crippen LogP contribution is -2.23. The van der Waals surface area contributed by atoms with Crippen LogP contribution in [0.4, 0.5) is 4.39 Å². The van der Waals surface area contributed by atoms with Gasteiger partial charge in [0.05, 0.1) is 10.5 Å². The number of amides is 1. The first-order valence-corrected chi connectivity index (χ1v) is 9.37. The molecule has 6 nitrogen and oxygen atoms in total. The Bertz CT molecular complexity index is 1140. The van der Waals surface area contributed by atoms with Crippen LogP contribution >= 0.6 is 11.6 Å². The molecular weight excluding hydrogens is 397 g/mol. The molecule has 8 heteroatoms. The van der Waals surface area contributed by atoms with Gasteiger partial charge in [-0.2, -0.15) is 0 Å². The molecule has 3 rings (SSSR count). The summed E-state index contributed by atoms with van der Waals surface area (Å²) >= 11 is 5.98. The molecule has 0 radical (unpaired) electrons. The number of aryl methyl sites for hydroxylation is 2. The highest BCUT2D eigenvalue weighted by atomic mass is 35.5. The third-order valence-electron chi connectivity index (χ3n) is 4.95. The minimum Gasteiger partial charge on any atom is -0.505 e. The number of hydrogen-bond donors (Lipinski definition) is 1. The average molecular weight is 418 g/mol. The number of fused-ring (bicyclic) bond motifs is 1. The molecule has 0 atom stereocenters. The van der Waals surface area contributed by atoms with E-state index in [2.05, 4.69) is 4.98 Å². The minimum atomic E-state index is -0.529. The average Bonchev–Trinajstić information content (AvgIpc) is 2.94. The van der Waals surface area contributed by atoms with Gasteiger partial charge >= 0.3 is 0 Å². The molecule has 3 aromatic rings. The Hall–Kier alpha value is -2.93. The largest absolute Gasteiger partial charge is 0.505 e. The van der Waals surface area contributed by atoms with E-state index >= 15 is 0 Å². The smallest absolute Gasteiger partial charge is 0.253 e. The fourth-order valence-corrected chi connectivity index (χ4v) is 3.51. The molecular formula is C21H21ClFN3O3. The van der Waals surface area contributed by atoms with Gasteiger partial charge in [-0.3, -0.25) is 9.59 Å². The zero-order valence-electron chi connectivity index (χ0n) is 16.6. The van der Waals surface area contributed by atoms with Crippen molar-refractivity contribution in [3.05, 3.63) is 57.6 Å². The second-order valence-corrected chi connectivity index (χ2v) is 7.49. The van der Waals surface area contributed by atoms with E-state index in [0.29, 0.717) is 28.0 Å². The number of aromatic nitrogens is 2. The third-order valence-corrected chi connectivity index (χ3v) is 5.26. The molecule has 1 heterocycles. The van der Waals surface area contributed by atoms with Crippen LogP contribution in [0.3, 0.4) is 0 Å². The monoisotopic (exact) mass is 417 g/mol. The fourth-order valence-electron chi connectivity index (χ4n) is 3.23. The van der Waals surface area contributed by atoms with Crippen LogP contribution in [0.2, 0.25) is 5.02 Å². The summed E-state index contributed by atoms with van der Waals surface area (Å²) in [6, 6.07) is 5.26. The number of nitrogens with zero attached hydrogens (tertiary/aromatic N) is 3. The number of aromatic hydroxyl groups is 1. The molecule has 152 valence electrons. The van der Waals surface area contributed by atoms with Crippen LogP contribution in [0.25, 0.3) is 11.0 Å². The molecule has 1 aromatic heterocycles. The van der Waals surface area contributed by atoms with Crippen LogP contribution in [0.5, 0.6) is 5.75 Å². The van der Waals surface area contributed by atoms with Crippen molar-refractivity contribution < 1.29 is 19.1 Å². The number of benzene rings is 2. The highest BCUT2D eigenvalue weighted by Crippen LogP contribution is 2.33. The Morgan fingerprint density at radius 1 is 1.24 bits per heavy atom. The molecule has 0 fully saturated rings. The zero-order valence-corrected chi connectivity index (χ0v) is 17.3. The lowest BCUT2D eigenvalue weighted by molar-refractivity contribution is 0.0825. The van der Waals surface area contributed by atoms with Gasteiger partial charge in [-0.05, 0) is 37.6 Å². The summed E-state index contributed by atoms with van der Waals surface area (Å²) in [5, 5.41) is 10.9. The van der Waals surface area contributed by atoms with Gasteiger partial charge in [0.25, 0.3) is 5.91 Å². The number of imidazole rings is 1. The molecule has 29 heavy (non-hydrogen) atoms. The van der Waals surface area contributed by atoms with Crippen molar-refractivity contribution in [3.8, 4) is 5.75 Å². The summed E-state index contributed by atoms with van der Waals surface area (Å²) in [6.07, 6.45) is 0.1000. The second-order valence-electron chi connectivity index (χ2n) is 7.08. The van der Waals surface area contributed by atoms with Gasteiger partial charge in [0.2, 0.25) is 0 Å². The maximum absolute atomic E-state index is 13.2. The number of phenolic OH excluding ortho intramolecular Hbond substituents is 1. The Kier molecular flexibility index (Phi) is 5.61. The molecule has 0 saturated heterocycles. The number of carbonyl (C=O) groups is 2. The number of ketones is 1. The van der Waals surface area contributed by atoms with Crippen molar-refractivity contribution in [1.82, 2.24) is 14.5 Å². The highest BCUT2D eigenvalue weighted by molar-refractivity contribution is 6.34. The Balaban J connectivity index is 2.03. The minimum absolute atomic E-state index is 0.00998. The predicted octanol–water partition coefficient (Wildman–Crippen LogP) is 3.90. The van der Waals surface area contributed by atoms with Crippen LogP contribution in [-0.4, -0.2) is 45.3 Å². The van der Waals surface area contributed by atoms with Gasteiger partial charge < -0.3 is 14.6 Å². The van der Waals surface area contributed by atoms with E-state index < -0.39 is 5.82 Å². The third kappa shape index (κ3) is 3.82. The van der Waals surface area contributed by atoms with E-state index in [1.165, 1.54) is 17.0 Å². The molecule has 1 amide bonds. The predicted molar refractivity (Wildman–Crippen MR) is 109 cm³/mol. The Morgan fingerprint density at radius 2 is 1.93 bits per heavy atom. The molecule has 0 aliphatic carbocycles. The Labute approximate surface area is 172 Å². The Morgan fingerprint density at radius 3 is 2.55 bits per heavy atom. The van der Waals surface area contributed by atoms with E-state index in [1.54, 1.807) is 38.7 Å². The lowest BCUT2D eigenvalue weighted by Gasteiger charge is -2.16. The quantitative estimate of drug-likeness (QED) is 0.639. The summed E-state index contributed by atoms with van der Waals surface area (Å²) < 4.78 is 15.0. The van der Waals surface area contributed by atoms with Gasteiger partial charge in [-0.25, -0.2) is 9.37 Å². The standard InChI is InChI=1S/C21H21ClFN3O3/c1-11-24-19-17(26(11)4)10-15(21(29)25(2)3)13(20(19)28)7-8-18(27)14-6-5-12(23)9-16(14)22/h5-6,9-10,28H,7-8H2,1-4H3. The normalized spacial score (nSPS) is 11.1. The molecule has 2 aromatic carbocycles. The summed E-state index contributed by atoms with van der Waals surface area (Å²) in [5.74, 6) is -0.559. The van der Waals surface area contributed by atoms with E-state index in [9.17, 15) is 19.1 Å². The van der Waals surface area contributed by atoms with Crippen molar-refractivity contribution in [1.29, 1.82) is 0 Å². The van der Waals surface area contributed by atoms with Gasteiger partial charge in [0.1, 0.15) is 22.9 Å². The van der Waals surface area contributed by atoms with E-state index in [-0.39, 0.29) is 40.9 Å². The van der Waals surface area contributed by atoms with Crippen LogP contribution in [0, 0.1) is 12.7 Å². The molecule has 0 aliphatic heterocycles. The van der Waals surface area contributed by atoms with Crippen LogP contribution in [0.1, 0.15) is 38.5 Å². The van der Waals surface area contributed by atoms with Crippen molar-refractivity contribution in [2.75, 3.05) is 14.1 Å². The second kappa shape index (κ2) is 7.83. The van der Waals surface area contributed by atoms with E-state index in [0.717, 1.165) is 6.07 Å². The van der Waals surface area contributed by atoms with Crippen molar-refractivity contribution in [2.24, 2.45) is 7.05 Å². The van der Waals surface area contributed by atoms with Gasteiger partial charge in [-0.1, -0.05) is 11.6 Å². The first-order valence-electron chi connectivity index (χ1n) is 8.99. The van der Waals surface area contributed by atoms with Gasteiger partial charge in [-0.15, -0.1) is 0 Å². The maximum Gasteiger partial charge on any atom is 0.253 e. The van der Waals surface area contributed by atoms with Crippen LogP contribution in [-0.2, 0) is 13.5 Å². The van der Waals surface area contributed by atoms with Gasteiger partial charge in [0.15, 0.2) is 5.78 Å². The van der Waals surface area contributed by atoms with Crippen LogP contribution in [0.15, 0.2) is 24.3 Å². The number of halogens is 2. The molecule has 0 spiro atoms. The van der Waals surface area contributed by atoms with Crippen molar-refractivity contribution >= 4 is 34.3 Å². The number of phenols is 1. The maximum atomic E-state index is 13.2. The van der Waals surface area contributed by atoms with Gasteiger partial charge in [0, 0.05) is 44.3 Å². The fraction of sp³-hybridized carbons (Fsp3) is 0.286. The molecule has 0 bridgehead atoms. The highest BCUT2D eigenvalue weighted by Gasteiger charge is 2.23. The van der Waals surface area contributed by atoms with Crippen molar-refractivity contribution in [3.63, 3.8) is 0 Å². The van der Waals surface area contributed by atoms with E-state index in [4.69, 9.17) is 11.6 Å². The molecule has 0 saturated carbocycles. The summed E-state index contributed by atoms with van der Waals surface area (Å²) in [6.45, 7) is 1.80. The molecule has 0 aliphatic rings. The van der Waals surface area contributed by atoms with E-state index in [1.807, 2.05) is 0 Å². The first-order chi connectivity index (χ1) is 13.6. The number of rotatable bonds is 5. The summed E-state index contributed by atoms with van der Waals surface area (Å²) in [5.41, 5.74) is 1.86. The topological polar surface area (TPSA) is 75.4 Å². The lowest BCUT2D eigenvalue weighted by atomic mass is 9.96. The van der Waals surface area contributed by atoms with Crippen molar-refractivity contribution in [2.45, 2.75) is 19.8 Å². The zero-order chi connectivity index (χ0) is 21.5. The van der Waals surface area contributed by atoms with Crippen LogP contribution < -0.4 is 0 Å². The molecule has 0 unspecified atom stereocenters. The molecule has 1 N–H and O–H groups in total. The summed E-state index contributed by atoms with van der Waals surface area (Å²) in [4.78, 5) is 31.1. The SMILES string of the molecule is Cc1nc2c(O)c(CCC(=O)c3ccc(F)cc3Cl)c(C(=O)N(C)C)cc2n1C. The first kappa shape index (κ1) is 20.8. The summed E-state index contributed by atoms with van der Waals surface area (Å²) in [7, 11) is 5.03.